The van der Waals surface area contributed by atoms with Crippen LogP contribution >= 0.6 is 0 Å². The van der Waals surface area contributed by atoms with Crippen LogP contribution in [0.3, 0.4) is 0 Å². The second kappa shape index (κ2) is 8.56. The molecular formula is C15H17F4N3O3. The van der Waals surface area contributed by atoms with E-state index in [1.807, 2.05) is 5.32 Å². The second-order valence-electron chi connectivity index (χ2n) is 5.16. The van der Waals surface area contributed by atoms with Gasteiger partial charge in [0.2, 0.25) is 0 Å². The van der Waals surface area contributed by atoms with E-state index in [2.05, 4.69) is 4.74 Å². The first-order chi connectivity index (χ1) is 11.5. The third-order valence-electron chi connectivity index (χ3n) is 2.97. The summed E-state index contributed by atoms with van der Waals surface area (Å²) in [6.07, 6.45) is -7.57. The van der Waals surface area contributed by atoms with E-state index in [1.165, 1.54) is 6.92 Å². The van der Waals surface area contributed by atoms with Crippen LogP contribution in [0.25, 0.3) is 0 Å². The molecule has 0 heterocycles. The second-order valence-corrected chi connectivity index (χ2v) is 5.16. The quantitative estimate of drug-likeness (QED) is 0.355. The molecule has 0 saturated carbocycles. The number of benzene rings is 1. The summed E-state index contributed by atoms with van der Waals surface area (Å²) in [7, 11) is 0. The molecule has 1 unspecified atom stereocenters. The van der Waals surface area contributed by atoms with Crippen molar-refractivity contribution in [3.63, 3.8) is 0 Å². The molecule has 0 spiro atoms. The molecule has 6 nitrogen and oxygen atoms in total. The summed E-state index contributed by atoms with van der Waals surface area (Å²) in [5, 5.41) is 26.5. The van der Waals surface area contributed by atoms with Gasteiger partial charge in [-0.1, -0.05) is 0 Å². The molecule has 1 amide bonds. The zero-order valence-electron chi connectivity index (χ0n) is 13.2. The van der Waals surface area contributed by atoms with E-state index in [-0.39, 0.29) is 17.0 Å². The third-order valence-corrected chi connectivity index (χ3v) is 2.97. The first kappa shape index (κ1) is 20.6. The van der Waals surface area contributed by atoms with Gasteiger partial charge in [0.1, 0.15) is 5.82 Å². The standard InChI is InChI=1S/C15H17F4N3O3/c1-8(20)25-13(21)7-12(23)10-6-9(2-3-11(10)16)14(24)22-5-4-15(17,18)19/h2-3,6,12,20-21,23H,4-5,7H2,1H3,(H,22,24). The fourth-order valence-electron chi connectivity index (χ4n) is 1.87. The van der Waals surface area contributed by atoms with Crippen molar-refractivity contribution in [1.82, 2.24) is 5.32 Å². The Morgan fingerprint density at radius 1 is 1.36 bits per heavy atom. The summed E-state index contributed by atoms with van der Waals surface area (Å²) < 4.78 is 54.6. The van der Waals surface area contributed by atoms with Crippen LogP contribution in [0.1, 0.15) is 41.8 Å². The minimum absolute atomic E-state index is 0.131. The molecule has 0 fully saturated rings. The monoisotopic (exact) mass is 363 g/mol. The topological polar surface area (TPSA) is 106 Å². The predicted molar refractivity (Wildman–Crippen MR) is 81.2 cm³/mol. The van der Waals surface area contributed by atoms with Crippen LogP contribution in [0.2, 0.25) is 0 Å². The Morgan fingerprint density at radius 3 is 2.56 bits per heavy atom. The summed E-state index contributed by atoms with van der Waals surface area (Å²) in [5.41, 5.74) is -0.437. The molecule has 138 valence electrons. The van der Waals surface area contributed by atoms with Crippen LogP contribution in [0, 0.1) is 16.6 Å². The number of hydrogen-bond acceptors (Lipinski definition) is 5. The third kappa shape index (κ3) is 7.29. The van der Waals surface area contributed by atoms with Crippen LogP contribution < -0.4 is 5.32 Å². The molecule has 1 atom stereocenters. The maximum Gasteiger partial charge on any atom is 0.390 e. The van der Waals surface area contributed by atoms with Gasteiger partial charge in [0.25, 0.3) is 5.91 Å². The highest BCUT2D eigenvalue weighted by molar-refractivity contribution is 5.94. The lowest BCUT2D eigenvalue weighted by atomic mass is 10.0. The molecule has 10 heteroatoms. The zero-order valence-corrected chi connectivity index (χ0v) is 13.2. The Kier molecular flexibility index (Phi) is 7.04. The lowest BCUT2D eigenvalue weighted by Gasteiger charge is -2.14. The number of carbonyl (C=O) groups is 1. The highest BCUT2D eigenvalue weighted by Gasteiger charge is 2.26. The smallest absolute Gasteiger partial charge is 0.390 e. The number of aliphatic hydroxyl groups is 1. The maximum absolute atomic E-state index is 13.8. The van der Waals surface area contributed by atoms with Gasteiger partial charge in [-0.2, -0.15) is 13.2 Å². The first-order valence-electron chi connectivity index (χ1n) is 7.12. The van der Waals surface area contributed by atoms with Crippen molar-refractivity contribution in [3.05, 3.63) is 35.1 Å². The number of rotatable bonds is 6. The number of alkyl halides is 3. The summed E-state index contributed by atoms with van der Waals surface area (Å²) in [5.74, 6) is -2.45. The molecular weight excluding hydrogens is 346 g/mol. The van der Waals surface area contributed by atoms with Crippen molar-refractivity contribution in [2.45, 2.75) is 32.0 Å². The van der Waals surface area contributed by atoms with Crippen LogP contribution in [0.5, 0.6) is 0 Å². The van der Waals surface area contributed by atoms with E-state index < -0.39 is 49.3 Å². The maximum atomic E-state index is 13.8. The number of aliphatic hydroxyl groups excluding tert-OH is 1. The van der Waals surface area contributed by atoms with Gasteiger partial charge in [-0.05, 0) is 18.2 Å². The average molecular weight is 363 g/mol. The molecule has 0 aliphatic rings. The fraction of sp³-hybridized carbons (Fsp3) is 0.400. The van der Waals surface area contributed by atoms with Gasteiger partial charge in [0.05, 0.1) is 18.9 Å². The Balaban J connectivity index is 2.79. The van der Waals surface area contributed by atoms with Crippen LogP contribution in [-0.4, -0.2) is 35.5 Å². The molecule has 25 heavy (non-hydrogen) atoms. The SMILES string of the molecule is CC(=N)OC(=N)CC(O)c1cc(C(=O)NCCC(F)(F)F)ccc1F. The number of amides is 1. The molecule has 4 N–H and O–H groups in total. The summed E-state index contributed by atoms with van der Waals surface area (Å²) >= 11 is 0. The van der Waals surface area contributed by atoms with E-state index in [0.717, 1.165) is 18.2 Å². The normalized spacial score (nSPS) is 12.4. The summed E-state index contributed by atoms with van der Waals surface area (Å²) in [6, 6.07) is 2.95. The molecule has 0 aliphatic carbocycles. The van der Waals surface area contributed by atoms with Crippen molar-refractivity contribution < 1.29 is 32.2 Å². The fourth-order valence-corrected chi connectivity index (χ4v) is 1.87. The van der Waals surface area contributed by atoms with Gasteiger partial charge in [0, 0.05) is 24.6 Å². The van der Waals surface area contributed by atoms with Gasteiger partial charge in [-0.25, -0.2) is 4.39 Å². The van der Waals surface area contributed by atoms with E-state index >= 15 is 0 Å². The zero-order chi connectivity index (χ0) is 19.2. The van der Waals surface area contributed by atoms with Crippen molar-refractivity contribution in [2.75, 3.05) is 6.54 Å². The van der Waals surface area contributed by atoms with Gasteiger partial charge in [-0.15, -0.1) is 0 Å². The van der Waals surface area contributed by atoms with E-state index in [4.69, 9.17) is 10.8 Å². The lowest BCUT2D eigenvalue weighted by molar-refractivity contribution is -0.132. The van der Waals surface area contributed by atoms with Crippen molar-refractivity contribution in [1.29, 1.82) is 10.8 Å². The predicted octanol–water partition coefficient (Wildman–Crippen LogP) is 2.92. The Labute approximate surface area is 140 Å². The minimum Gasteiger partial charge on any atom is -0.430 e. The molecule has 0 aromatic heterocycles. The highest BCUT2D eigenvalue weighted by Crippen LogP contribution is 2.22. The molecule has 0 radical (unpaired) electrons. The number of carbonyl (C=O) groups excluding carboxylic acids is 1. The average Bonchev–Trinajstić information content (AvgIpc) is 2.44. The molecule has 1 rings (SSSR count). The van der Waals surface area contributed by atoms with Crippen LogP contribution in [-0.2, 0) is 4.74 Å². The van der Waals surface area contributed by atoms with Gasteiger partial charge in [-0.3, -0.25) is 15.6 Å². The number of hydrogen-bond donors (Lipinski definition) is 4. The van der Waals surface area contributed by atoms with E-state index in [1.54, 1.807) is 0 Å². The van der Waals surface area contributed by atoms with E-state index in [0.29, 0.717) is 0 Å². The number of ether oxygens (including phenoxy) is 1. The number of halogens is 4. The Bertz CT molecular complexity index is 662. The molecule has 0 bridgehead atoms. The van der Waals surface area contributed by atoms with Crippen LogP contribution in [0.4, 0.5) is 17.6 Å². The lowest BCUT2D eigenvalue weighted by Crippen LogP contribution is -2.28. The van der Waals surface area contributed by atoms with Gasteiger partial charge >= 0.3 is 6.18 Å². The molecule has 0 saturated heterocycles. The Morgan fingerprint density at radius 2 is 2.00 bits per heavy atom. The summed E-state index contributed by atoms with van der Waals surface area (Å²) in [6.45, 7) is 0.641. The molecule has 1 aromatic carbocycles. The van der Waals surface area contributed by atoms with E-state index in [9.17, 15) is 27.5 Å². The number of nitrogens with one attached hydrogen (secondary N) is 3. The first-order valence-corrected chi connectivity index (χ1v) is 7.12. The Hall–Kier alpha value is -2.49. The van der Waals surface area contributed by atoms with Crippen molar-refractivity contribution in [2.24, 2.45) is 0 Å². The minimum atomic E-state index is -4.41. The van der Waals surface area contributed by atoms with Gasteiger partial charge < -0.3 is 15.2 Å². The van der Waals surface area contributed by atoms with Gasteiger partial charge in [0.15, 0.2) is 11.8 Å². The highest BCUT2D eigenvalue weighted by atomic mass is 19.4. The molecule has 0 aliphatic heterocycles. The van der Waals surface area contributed by atoms with Crippen molar-refractivity contribution in [3.8, 4) is 0 Å². The van der Waals surface area contributed by atoms with Crippen LogP contribution in [0.15, 0.2) is 18.2 Å². The largest absolute Gasteiger partial charge is 0.430 e. The summed E-state index contributed by atoms with van der Waals surface area (Å²) in [4.78, 5) is 11.8. The molecule has 1 aromatic rings. The van der Waals surface area contributed by atoms with Crippen molar-refractivity contribution >= 4 is 17.7 Å².